The number of fused-ring (bicyclic) bond motifs is 1. The van der Waals surface area contributed by atoms with E-state index in [1.54, 1.807) is 34.4 Å². The predicted octanol–water partition coefficient (Wildman–Crippen LogP) is 1.46. The molecule has 136 valence electrons. The lowest BCUT2D eigenvalue weighted by atomic mass is 10.2. The zero-order valence-corrected chi connectivity index (χ0v) is 14.7. The summed E-state index contributed by atoms with van der Waals surface area (Å²) < 4.78 is 1.71. The van der Waals surface area contributed by atoms with Crippen LogP contribution in [0, 0.1) is 0 Å². The van der Waals surface area contributed by atoms with Gasteiger partial charge in [-0.05, 0) is 35.7 Å². The van der Waals surface area contributed by atoms with Crippen molar-refractivity contribution in [1.82, 2.24) is 30.0 Å². The molecule has 0 spiro atoms. The molecule has 3 rings (SSSR count). The second kappa shape index (κ2) is 8.39. The summed E-state index contributed by atoms with van der Waals surface area (Å²) in [4.78, 5) is 22.6. The number of nitrogens with one attached hydrogen (secondary N) is 1. The third kappa shape index (κ3) is 4.34. The first-order chi connectivity index (χ1) is 12.7. The van der Waals surface area contributed by atoms with Gasteiger partial charge in [-0.2, -0.15) is 5.10 Å². The van der Waals surface area contributed by atoms with E-state index in [-0.39, 0.29) is 12.6 Å². The smallest absolute Gasteiger partial charge is 0.317 e. The number of aliphatic hydroxyl groups is 1. The van der Waals surface area contributed by atoms with Gasteiger partial charge in [0, 0.05) is 57.3 Å². The third-order valence-electron chi connectivity index (χ3n) is 4.07. The second-order valence-corrected chi connectivity index (χ2v) is 6.04. The molecule has 26 heavy (non-hydrogen) atoms. The van der Waals surface area contributed by atoms with Gasteiger partial charge in [-0.25, -0.2) is 9.78 Å². The molecule has 8 heteroatoms. The molecule has 3 heterocycles. The Labute approximate surface area is 151 Å². The Hall–Kier alpha value is -3.00. The molecule has 0 aliphatic rings. The maximum Gasteiger partial charge on any atom is 0.317 e. The summed E-state index contributed by atoms with van der Waals surface area (Å²) in [5.41, 5.74) is 2.71. The standard InChI is InChI=1S/C18H22N6O2/c1-23-17-16(12-22-23)9-15(10-20-17)11-21-18(26)24(7-2-8-25)13-14-3-5-19-6-4-14/h3-6,9-10,12,25H,2,7-8,11,13H2,1H3,(H,21,26). The Morgan fingerprint density at radius 2 is 2.08 bits per heavy atom. The highest BCUT2D eigenvalue weighted by atomic mass is 16.3. The largest absolute Gasteiger partial charge is 0.396 e. The molecule has 0 aliphatic heterocycles. The summed E-state index contributed by atoms with van der Waals surface area (Å²) >= 11 is 0. The van der Waals surface area contributed by atoms with Gasteiger partial charge in [0.1, 0.15) is 0 Å². The number of hydrogen-bond donors (Lipinski definition) is 2. The first-order valence-electron chi connectivity index (χ1n) is 8.46. The van der Waals surface area contributed by atoms with Gasteiger partial charge in [-0.3, -0.25) is 9.67 Å². The zero-order valence-electron chi connectivity index (χ0n) is 14.7. The monoisotopic (exact) mass is 354 g/mol. The molecule has 2 amide bonds. The normalized spacial score (nSPS) is 10.8. The van der Waals surface area contributed by atoms with E-state index in [9.17, 15) is 4.79 Å². The van der Waals surface area contributed by atoms with Gasteiger partial charge in [0.05, 0.1) is 6.20 Å². The molecule has 0 unspecified atom stereocenters. The van der Waals surface area contributed by atoms with Crippen LogP contribution in [0.4, 0.5) is 4.79 Å². The Morgan fingerprint density at radius 3 is 2.85 bits per heavy atom. The number of nitrogens with zero attached hydrogens (tertiary/aromatic N) is 5. The van der Waals surface area contributed by atoms with Crippen molar-refractivity contribution in [1.29, 1.82) is 0 Å². The molecule has 8 nitrogen and oxygen atoms in total. The first kappa shape index (κ1) is 17.8. The Balaban J connectivity index is 1.63. The second-order valence-electron chi connectivity index (χ2n) is 6.04. The number of hydrogen-bond acceptors (Lipinski definition) is 5. The molecule has 0 radical (unpaired) electrons. The van der Waals surface area contributed by atoms with Crippen LogP contribution in [0.15, 0.2) is 43.0 Å². The number of pyridine rings is 2. The van der Waals surface area contributed by atoms with Gasteiger partial charge in [0.25, 0.3) is 0 Å². The van der Waals surface area contributed by atoms with Gasteiger partial charge >= 0.3 is 6.03 Å². The molecule has 0 saturated heterocycles. The van der Waals surface area contributed by atoms with E-state index < -0.39 is 0 Å². The van der Waals surface area contributed by atoms with Crippen molar-refractivity contribution in [2.45, 2.75) is 19.5 Å². The van der Waals surface area contributed by atoms with E-state index in [0.29, 0.717) is 26.1 Å². The summed E-state index contributed by atoms with van der Waals surface area (Å²) in [6, 6.07) is 5.54. The number of carbonyl (C=O) groups excluding carboxylic acids is 1. The van der Waals surface area contributed by atoms with Crippen LogP contribution < -0.4 is 5.32 Å². The highest BCUT2D eigenvalue weighted by Gasteiger charge is 2.14. The van der Waals surface area contributed by atoms with Crippen molar-refractivity contribution in [3.63, 3.8) is 0 Å². The van der Waals surface area contributed by atoms with Gasteiger partial charge in [0.15, 0.2) is 5.65 Å². The van der Waals surface area contributed by atoms with Crippen LogP contribution in [-0.4, -0.2) is 48.9 Å². The fraction of sp³-hybridized carbons (Fsp3) is 0.333. The quantitative estimate of drug-likeness (QED) is 0.670. The third-order valence-corrected chi connectivity index (χ3v) is 4.07. The van der Waals surface area contributed by atoms with E-state index in [1.807, 2.05) is 25.2 Å². The summed E-state index contributed by atoms with van der Waals surface area (Å²) in [7, 11) is 1.84. The fourth-order valence-corrected chi connectivity index (χ4v) is 2.70. The molecule has 0 fully saturated rings. The summed E-state index contributed by atoms with van der Waals surface area (Å²) in [6.07, 6.45) is 7.43. The van der Waals surface area contributed by atoms with Crippen LogP contribution >= 0.6 is 0 Å². The minimum Gasteiger partial charge on any atom is -0.396 e. The van der Waals surface area contributed by atoms with Crippen LogP contribution in [-0.2, 0) is 20.1 Å². The van der Waals surface area contributed by atoms with Crippen molar-refractivity contribution in [3.05, 3.63) is 54.1 Å². The van der Waals surface area contributed by atoms with Crippen LogP contribution in [0.5, 0.6) is 0 Å². The van der Waals surface area contributed by atoms with Crippen LogP contribution in [0.3, 0.4) is 0 Å². The maximum atomic E-state index is 12.6. The van der Waals surface area contributed by atoms with Crippen molar-refractivity contribution < 1.29 is 9.90 Å². The maximum absolute atomic E-state index is 12.6. The van der Waals surface area contributed by atoms with Gasteiger partial charge in [-0.1, -0.05) is 0 Å². The van der Waals surface area contributed by atoms with E-state index >= 15 is 0 Å². The lowest BCUT2D eigenvalue weighted by Crippen LogP contribution is -2.40. The Morgan fingerprint density at radius 1 is 1.27 bits per heavy atom. The number of aryl methyl sites for hydroxylation is 1. The molecular weight excluding hydrogens is 332 g/mol. The number of urea groups is 1. The molecule has 0 saturated carbocycles. The summed E-state index contributed by atoms with van der Waals surface area (Å²) in [5.74, 6) is 0. The zero-order chi connectivity index (χ0) is 18.4. The molecule has 2 N–H and O–H groups in total. The molecule has 3 aromatic rings. The van der Waals surface area contributed by atoms with Crippen molar-refractivity contribution in [2.24, 2.45) is 7.05 Å². The fourth-order valence-electron chi connectivity index (χ4n) is 2.70. The van der Waals surface area contributed by atoms with Gasteiger partial charge in [0.2, 0.25) is 0 Å². The van der Waals surface area contributed by atoms with E-state index in [2.05, 4.69) is 20.4 Å². The Bertz CT molecular complexity index is 865. The molecule has 0 aromatic carbocycles. The number of aromatic nitrogens is 4. The van der Waals surface area contributed by atoms with Crippen molar-refractivity contribution in [2.75, 3.05) is 13.2 Å². The average Bonchev–Trinajstić information content (AvgIpc) is 3.04. The van der Waals surface area contributed by atoms with Crippen LogP contribution in [0.25, 0.3) is 11.0 Å². The number of carbonyl (C=O) groups is 1. The topological polar surface area (TPSA) is 96.2 Å². The number of amides is 2. The van der Waals surface area contributed by atoms with Crippen molar-refractivity contribution in [3.8, 4) is 0 Å². The van der Waals surface area contributed by atoms with Crippen LogP contribution in [0.2, 0.25) is 0 Å². The number of aliphatic hydroxyl groups excluding tert-OH is 1. The lowest BCUT2D eigenvalue weighted by Gasteiger charge is -2.23. The predicted molar refractivity (Wildman–Crippen MR) is 97.1 cm³/mol. The highest BCUT2D eigenvalue weighted by Crippen LogP contribution is 2.12. The summed E-state index contributed by atoms with van der Waals surface area (Å²) in [5, 5.41) is 17.1. The molecule has 3 aromatic heterocycles. The van der Waals surface area contributed by atoms with E-state index in [4.69, 9.17) is 5.11 Å². The SMILES string of the molecule is Cn1ncc2cc(CNC(=O)N(CCCO)Cc3ccncc3)cnc21. The Kier molecular flexibility index (Phi) is 5.75. The highest BCUT2D eigenvalue weighted by molar-refractivity contribution is 5.76. The summed E-state index contributed by atoms with van der Waals surface area (Å²) in [6.45, 7) is 1.36. The molecule has 0 bridgehead atoms. The van der Waals surface area contributed by atoms with E-state index in [1.165, 1.54) is 0 Å². The minimum absolute atomic E-state index is 0.0434. The minimum atomic E-state index is -0.179. The van der Waals surface area contributed by atoms with Gasteiger partial charge < -0.3 is 15.3 Å². The first-order valence-corrected chi connectivity index (χ1v) is 8.46. The molecular formula is C18H22N6O2. The number of rotatable bonds is 7. The van der Waals surface area contributed by atoms with Crippen LogP contribution in [0.1, 0.15) is 17.5 Å². The van der Waals surface area contributed by atoms with Crippen molar-refractivity contribution >= 4 is 17.1 Å². The average molecular weight is 354 g/mol. The van der Waals surface area contributed by atoms with E-state index in [0.717, 1.165) is 22.2 Å². The molecule has 0 atom stereocenters. The molecule has 0 aliphatic carbocycles. The lowest BCUT2D eigenvalue weighted by molar-refractivity contribution is 0.186. The van der Waals surface area contributed by atoms with Gasteiger partial charge in [-0.15, -0.1) is 0 Å².